The van der Waals surface area contributed by atoms with Gasteiger partial charge in [-0.2, -0.15) is 0 Å². The van der Waals surface area contributed by atoms with Crippen LogP contribution in [0.1, 0.15) is 5.56 Å². The molecule has 0 fully saturated rings. The Bertz CT molecular complexity index is 944. The lowest BCUT2D eigenvalue weighted by Gasteiger charge is -2.15. The van der Waals surface area contributed by atoms with E-state index >= 15 is 0 Å². The monoisotopic (exact) mass is 402 g/mol. The third-order valence-electron chi connectivity index (χ3n) is 4.35. The van der Waals surface area contributed by atoms with E-state index in [-0.39, 0.29) is 11.3 Å². The fourth-order valence-electron chi connectivity index (χ4n) is 2.94. The smallest absolute Gasteiger partial charge is 0.277 e. The first-order valence-electron chi connectivity index (χ1n) is 8.30. The lowest BCUT2D eigenvalue weighted by atomic mass is 10.0. The molecular formula is C20H19ClN2O5. The number of nitrogens with zero attached hydrogens (tertiary/aromatic N) is 1. The number of carbonyl (C=O) groups excluding carboxylic acids is 2. The number of ether oxygens (including phenoxy) is 3. The van der Waals surface area contributed by atoms with E-state index in [4.69, 9.17) is 25.8 Å². The standard InChI is InChI=1S/C20H19ClN2O5/c1-23-19(24)16(11-5-7-12(21)8-6-11)17(20(23)25)22-13-9-14(26-2)18(28-4)15(10-13)27-3/h5-10,22H,1-4H3. The van der Waals surface area contributed by atoms with Crippen LogP contribution in [0.25, 0.3) is 5.57 Å². The number of anilines is 1. The summed E-state index contributed by atoms with van der Waals surface area (Å²) >= 11 is 5.94. The lowest BCUT2D eigenvalue weighted by Crippen LogP contribution is -2.27. The molecule has 0 aromatic heterocycles. The zero-order valence-electron chi connectivity index (χ0n) is 15.8. The van der Waals surface area contributed by atoms with Gasteiger partial charge in [0, 0.05) is 29.9 Å². The Kier molecular flexibility index (Phi) is 5.46. The van der Waals surface area contributed by atoms with Crippen LogP contribution < -0.4 is 19.5 Å². The summed E-state index contributed by atoms with van der Waals surface area (Å²) in [5.74, 6) is 0.422. The number of likely N-dealkylation sites (N-methyl/N-ethyl adjacent to an activating group) is 1. The van der Waals surface area contributed by atoms with Gasteiger partial charge in [-0.25, -0.2) is 0 Å². The molecule has 1 N–H and O–H groups in total. The van der Waals surface area contributed by atoms with Gasteiger partial charge in [0.25, 0.3) is 11.8 Å². The van der Waals surface area contributed by atoms with E-state index in [1.165, 1.54) is 28.4 Å². The first-order valence-corrected chi connectivity index (χ1v) is 8.68. The predicted molar refractivity (Wildman–Crippen MR) is 106 cm³/mol. The van der Waals surface area contributed by atoms with Crippen LogP contribution in [-0.4, -0.2) is 45.1 Å². The van der Waals surface area contributed by atoms with Gasteiger partial charge in [0.15, 0.2) is 11.5 Å². The Balaban J connectivity index is 2.11. The molecule has 0 bridgehead atoms. The molecule has 0 spiro atoms. The van der Waals surface area contributed by atoms with Gasteiger partial charge in [-0.15, -0.1) is 0 Å². The number of halogens is 1. The molecule has 1 aliphatic heterocycles. The molecular weight excluding hydrogens is 384 g/mol. The summed E-state index contributed by atoms with van der Waals surface area (Å²) in [6, 6.07) is 10.0. The minimum absolute atomic E-state index is 0.157. The third-order valence-corrected chi connectivity index (χ3v) is 4.61. The van der Waals surface area contributed by atoms with Crippen molar-refractivity contribution >= 4 is 34.7 Å². The number of amides is 2. The molecule has 1 aliphatic rings. The summed E-state index contributed by atoms with van der Waals surface area (Å²) in [5, 5.41) is 3.57. The zero-order chi connectivity index (χ0) is 20.4. The summed E-state index contributed by atoms with van der Waals surface area (Å²) in [4.78, 5) is 26.4. The second-order valence-electron chi connectivity index (χ2n) is 5.97. The van der Waals surface area contributed by atoms with Crippen molar-refractivity contribution in [1.29, 1.82) is 0 Å². The van der Waals surface area contributed by atoms with Crippen LogP contribution in [0, 0.1) is 0 Å². The number of nitrogens with one attached hydrogen (secondary N) is 1. The summed E-state index contributed by atoms with van der Waals surface area (Å²) in [7, 11) is 5.93. The summed E-state index contributed by atoms with van der Waals surface area (Å²) in [6.45, 7) is 0. The zero-order valence-corrected chi connectivity index (χ0v) is 16.6. The molecule has 0 aliphatic carbocycles. The molecule has 0 atom stereocenters. The SMILES string of the molecule is COc1cc(NC2=C(c3ccc(Cl)cc3)C(=O)N(C)C2=O)cc(OC)c1OC. The normalized spacial score (nSPS) is 13.8. The van der Waals surface area contributed by atoms with E-state index < -0.39 is 11.8 Å². The highest BCUT2D eigenvalue weighted by molar-refractivity contribution is 6.36. The van der Waals surface area contributed by atoms with E-state index in [1.54, 1.807) is 36.4 Å². The molecule has 8 heteroatoms. The summed E-state index contributed by atoms with van der Waals surface area (Å²) < 4.78 is 16.0. The fourth-order valence-corrected chi connectivity index (χ4v) is 3.07. The average molecular weight is 403 g/mol. The van der Waals surface area contributed by atoms with Crippen molar-refractivity contribution in [3.63, 3.8) is 0 Å². The summed E-state index contributed by atoms with van der Waals surface area (Å²) in [5.41, 5.74) is 1.51. The number of hydrogen-bond donors (Lipinski definition) is 1. The van der Waals surface area contributed by atoms with E-state index in [0.717, 1.165) is 4.90 Å². The molecule has 0 saturated heterocycles. The van der Waals surface area contributed by atoms with Crippen LogP contribution in [0.3, 0.4) is 0 Å². The molecule has 2 amide bonds. The van der Waals surface area contributed by atoms with Crippen LogP contribution in [0.15, 0.2) is 42.1 Å². The van der Waals surface area contributed by atoms with Crippen molar-refractivity contribution in [2.75, 3.05) is 33.7 Å². The minimum Gasteiger partial charge on any atom is -0.493 e. The van der Waals surface area contributed by atoms with Gasteiger partial charge in [0.2, 0.25) is 5.75 Å². The topological polar surface area (TPSA) is 77.1 Å². The van der Waals surface area contributed by atoms with Crippen molar-refractivity contribution in [3.05, 3.63) is 52.7 Å². The van der Waals surface area contributed by atoms with Gasteiger partial charge < -0.3 is 19.5 Å². The number of benzene rings is 2. The number of hydrogen-bond acceptors (Lipinski definition) is 6. The second kappa shape index (κ2) is 7.82. The van der Waals surface area contributed by atoms with E-state index in [2.05, 4.69) is 5.32 Å². The van der Waals surface area contributed by atoms with E-state index in [9.17, 15) is 9.59 Å². The van der Waals surface area contributed by atoms with Crippen molar-refractivity contribution < 1.29 is 23.8 Å². The van der Waals surface area contributed by atoms with E-state index in [1.807, 2.05) is 0 Å². The predicted octanol–water partition coefficient (Wildman–Crippen LogP) is 3.19. The molecule has 1 heterocycles. The third kappa shape index (κ3) is 3.36. The molecule has 7 nitrogen and oxygen atoms in total. The quantitative estimate of drug-likeness (QED) is 0.748. The van der Waals surface area contributed by atoms with E-state index in [0.29, 0.717) is 33.5 Å². The van der Waals surface area contributed by atoms with Crippen LogP contribution in [0.4, 0.5) is 5.69 Å². The molecule has 146 valence electrons. The Morgan fingerprint density at radius 3 is 1.96 bits per heavy atom. The van der Waals surface area contributed by atoms with Crippen LogP contribution in [-0.2, 0) is 9.59 Å². The molecule has 2 aromatic carbocycles. The molecule has 0 radical (unpaired) electrons. The van der Waals surface area contributed by atoms with Crippen molar-refractivity contribution in [1.82, 2.24) is 4.90 Å². The Morgan fingerprint density at radius 1 is 0.893 bits per heavy atom. The van der Waals surface area contributed by atoms with Gasteiger partial charge in [-0.05, 0) is 17.7 Å². The molecule has 2 aromatic rings. The molecule has 0 unspecified atom stereocenters. The highest BCUT2D eigenvalue weighted by Gasteiger charge is 2.37. The van der Waals surface area contributed by atoms with Gasteiger partial charge in [-0.1, -0.05) is 23.7 Å². The van der Waals surface area contributed by atoms with Gasteiger partial charge in [0.05, 0.1) is 26.9 Å². The van der Waals surface area contributed by atoms with Gasteiger partial charge >= 0.3 is 0 Å². The Morgan fingerprint density at radius 2 is 1.46 bits per heavy atom. The Hall–Kier alpha value is -3.19. The largest absolute Gasteiger partial charge is 0.493 e. The number of carbonyl (C=O) groups is 2. The molecule has 28 heavy (non-hydrogen) atoms. The highest BCUT2D eigenvalue weighted by atomic mass is 35.5. The number of methoxy groups -OCH3 is 3. The van der Waals surface area contributed by atoms with Crippen LogP contribution in [0.5, 0.6) is 17.2 Å². The van der Waals surface area contributed by atoms with Gasteiger partial charge in [0.1, 0.15) is 5.70 Å². The maximum atomic E-state index is 12.7. The van der Waals surface area contributed by atoms with Crippen molar-refractivity contribution in [2.24, 2.45) is 0 Å². The maximum Gasteiger partial charge on any atom is 0.277 e. The lowest BCUT2D eigenvalue weighted by molar-refractivity contribution is -0.135. The fraction of sp³-hybridized carbons (Fsp3) is 0.200. The number of rotatable bonds is 6. The highest BCUT2D eigenvalue weighted by Crippen LogP contribution is 2.41. The first kappa shape index (κ1) is 19.6. The molecule has 3 rings (SSSR count). The minimum atomic E-state index is -0.441. The average Bonchev–Trinajstić information content (AvgIpc) is 2.91. The summed E-state index contributed by atoms with van der Waals surface area (Å²) in [6.07, 6.45) is 0. The van der Waals surface area contributed by atoms with Crippen LogP contribution >= 0.6 is 11.6 Å². The molecule has 0 saturated carbocycles. The number of imide groups is 1. The Labute approximate surface area is 167 Å². The maximum absolute atomic E-state index is 12.7. The van der Waals surface area contributed by atoms with Crippen LogP contribution in [0.2, 0.25) is 5.02 Å². The second-order valence-corrected chi connectivity index (χ2v) is 6.40. The first-order chi connectivity index (χ1) is 13.4. The van der Waals surface area contributed by atoms with Crippen molar-refractivity contribution in [3.8, 4) is 17.2 Å². The van der Waals surface area contributed by atoms with Gasteiger partial charge in [-0.3, -0.25) is 14.5 Å². The van der Waals surface area contributed by atoms with Crippen molar-refractivity contribution in [2.45, 2.75) is 0 Å².